The number of amides is 1. The van der Waals surface area contributed by atoms with E-state index in [-0.39, 0.29) is 17.6 Å². The molecule has 0 radical (unpaired) electrons. The van der Waals surface area contributed by atoms with Gasteiger partial charge in [0, 0.05) is 36.7 Å². The second-order valence-corrected chi connectivity index (χ2v) is 9.03. The molecule has 1 aromatic heterocycles. The number of benzene rings is 1. The predicted molar refractivity (Wildman–Crippen MR) is 112 cm³/mol. The first kappa shape index (κ1) is 21.7. The number of likely N-dealkylation sites (tertiary alicyclic amines) is 1. The van der Waals surface area contributed by atoms with Gasteiger partial charge in [-0.2, -0.15) is 0 Å². The average molecular weight is 421 g/mol. The Morgan fingerprint density at radius 2 is 2.03 bits per heavy atom. The van der Waals surface area contributed by atoms with Crippen molar-refractivity contribution in [2.24, 2.45) is 5.92 Å². The molecule has 2 aromatic rings. The minimum atomic E-state index is -0.989. The molecular weight excluding hydrogens is 391 g/mol. The molecule has 5 nitrogen and oxygen atoms in total. The van der Waals surface area contributed by atoms with E-state index in [9.17, 15) is 14.3 Å². The van der Waals surface area contributed by atoms with Crippen LogP contribution in [0.25, 0.3) is 0 Å². The number of carbonyl (C=O) groups excluding carboxylic acids is 1. The molecule has 0 unspecified atom stereocenters. The monoisotopic (exact) mass is 420 g/mol. The van der Waals surface area contributed by atoms with Crippen molar-refractivity contribution in [3.05, 3.63) is 45.7 Å². The Hall–Kier alpha value is -1.99. The highest BCUT2D eigenvalue weighted by atomic mass is 32.1. The van der Waals surface area contributed by atoms with Crippen molar-refractivity contribution in [1.29, 1.82) is 0 Å². The van der Waals surface area contributed by atoms with E-state index in [2.05, 4.69) is 4.98 Å². The lowest BCUT2D eigenvalue weighted by Crippen LogP contribution is -2.36. The molecule has 29 heavy (non-hydrogen) atoms. The number of thiazole rings is 1. The van der Waals surface area contributed by atoms with E-state index >= 15 is 0 Å². The lowest BCUT2D eigenvalue weighted by molar-refractivity contribution is -0.134. The maximum atomic E-state index is 13.0. The number of carbonyl (C=O) groups is 1. The van der Waals surface area contributed by atoms with Crippen LogP contribution < -0.4 is 4.74 Å². The Balaban J connectivity index is 1.62. The van der Waals surface area contributed by atoms with Crippen LogP contribution in [0.4, 0.5) is 4.39 Å². The van der Waals surface area contributed by atoms with Crippen molar-refractivity contribution in [2.75, 3.05) is 19.7 Å². The highest BCUT2D eigenvalue weighted by Gasteiger charge is 2.36. The highest BCUT2D eigenvalue weighted by molar-refractivity contribution is 7.11. The van der Waals surface area contributed by atoms with Crippen molar-refractivity contribution < 1.29 is 19.0 Å². The van der Waals surface area contributed by atoms with E-state index in [1.165, 1.54) is 23.5 Å². The van der Waals surface area contributed by atoms with Gasteiger partial charge in [-0.1, -0.05) is 13.8 Å². The Morgan fingerprint density at radius 1 is 1.31 bits per heavy atom. The van der Waals surface area contributed by atoms with Crippen molar-refractivity contribution in [3.63, 3.8) is 0 Å². The number of nitrogens with zero attached hydrogens (tertiary/aromatic N) is 2. The van der Waals surface area contributed by atoms with Crippen LogP contribution in [-0.4, -0.2) is 40.6 Å². The van der Waals surface area contributed by atoms with Crippen molar-refractivity contribution >= 4 is 17.2 Å². The number of hydrogen-bond acceptors (Lipinski definition) is 5. The first-order chi connectivity index (χ1) is 13.8. The number of aryl methyl sites for hydroxylation is 1. The maximum absolute atomic E-state index is 13.0. The van der Waals surface area contributed by atoms with Crippen molar-refractivity contribution in [2.45, 2.75) is 52.1 Å². The third kappa shape index (κ3) is 5.34. The Bertz CT molecular complexity index is 837. The van der Waals surface area contributed by atoms with Crippen LogP contribution in [0.5, 0.6) is 5.75 Å². The summed E-state index contributed by atoms with van der Waals surface area (Å²) in [6.07, 6.45) is 2.54. The quantitative estimate of drug-likeness (QED) is 0.765. The molecule has 1 aliphatic heterocycles. The standard InChI is InChI=1S/C22H29FN2O3S/c1-15(2)20(26)25-12-4-10-22(27,11-13-25)21-24-16(3)19(29-21)9-14-28-18-7-5-17(23)6-8-18/h5-8,15,27H,4,9-14H2,1-3H3/t22-/m0/s1. The third-order valence-electron chi connectivity index (χ3n) is 5.32. The summed E-state index contributed by atoms with van der Waals surface area (Å²) in [5.41, 5.74) is -0.0854. The molecule has 0 bridgehead atoms. The highest BCUT2D eigenvalue weighted by Crippen LogP contribution is 2.37. The first-order valence-electron chi connectivity index (χ1n) is 10.1. The van der Waals surface area contributed by atoms with Gasteiger partial charge in [0.25, 0.3) is 0 Å². The Kier molecular flexibility index (Phi) is 6.90. The molecule has 1 N–H and O–H groups in total. The largest absolute Gasteiger partial charge is 0.493 e. The first-order valence-corrected chi connectivity index (χ1v) is 11.0. The number of aliphatic hydroxyl groups is 1. The van der Waals surface area contributed by atoms with E-state index in [4.69, 9.17) is 4.74 Å². The van der Waals surface area contributed by atoms with Crippen LogP contribution in [0.1, 0.15) is 48.7 Å². The molecule has 2 heterocycles. The summed E-state index contributed by atoms with van der Waals surface area (Å²) in [7, 11) is 0. The third-order valence-corrected chi connectivity index (χ3v) is 6.73. The maximum Gasteiger partial charge on any atom is 0.225 e. The molecule has 1 fully saturated rings. The lowest BCUT2D eigenvalue weighted by atomic mass is 9.96. The van der Waals surface area contributed by atoms with Crippen molar-refractivity contribution in [3.8, 4) is 5.75 Å². The summed E-state index contributed by atoms with van der Waals surface area (Å²) < 4.78 is 18.7. The van der Waals surface area contributed by atoms with E-state index in [0.29, 0.717) is 44.7 Å². The molecular formula is C22H29FN2O3S. The number of rotatable bonds is 6. The summed E-state index contributed by atoms with van der Waals surface area (Å²) in [6, 6.07) is 5.97. The Morgan fingerprint density at radius 3 is 2.72 bits per heavy atom. The average Bonchev–Trinajstić information content (AvgIpc) is 2.94. The van der Waals surface area contributed by atoms with Gasteiger partial charge in [-0.15, -0.1) is 11.3 Å². The summed E-state index contributed by atoms with van der Waals surface area (Å²) in [4.78, 5) is 19.9. The van der Waals surface area contributed by atoms with Crippen LogP contribution in [0, 0.1) is 18.7 Å². The van der Waals surface area contributed by atoms with Gasteiger partial charge in [-0.05, 0) is 44.0 Å². The summed E-state index contributed by atoms with van der Waals surface area (Å²) in [5.74, 6) is 0.455. The number of aromatic nitrogens is 1. The van der Waals surface area contributed by atoms with Gasteiger partial charge in [0.2, 0.25) is 5.91 Å². The molecule has 0 spiro atoms. The van der Waals surface area contributed by atoms with Gasteiger partial charge in [-0.25, -0.2) is 9.37 Å². The molecule has 3 rings (SSSR count). The van der Waals surface area contributed by atoms with E-state index < -0.39 is 5.60 Å². The molecule has 1 aliphatic rings. The normalized spacial score (nSPS) is 20.0. The lowest BCUT2D eigenvalue weighted by Gasteiger charge is -2.25. The fraction of sp³-hybridized carbons (Fsp3) is 0.545. The smallest absolute Gasteiger partial charge is 0.225 e. The SMILES string of the molecule is Cc1nc([C@]2(O)CCCN(C(=O)C(C)C)CC2)sc1CCOc1ccc(F)cc1. The zero-order valence-corrected chi connectivity index (χ0v) is 18.1. The van der Waals surface area contributed by atoms with Crippen LogP contribution in [-0.2, 0) is 16.8 Å². The number of ether oxygens (including phenoxy) is 1. The van der Waals surface area contributed by atoms with Crippen molar-refractivity contribution in [1.82, 2.24) is 9.88 Å². The van der Waals surface area contributed by atoms with Crippen LogP contribution >= 0.6 is 11.3 Å². The van der Waals surface area contributed by atoms with Crippen LogP contribution in [0.15, 0.2) is 24.3 Å². The summed E-state index contributed by atoms with van der Waals surface area (Å²) >= 11 is 1.52. The fourth-order valence-electron chi connectivity index (χ4n) is 3.57. The van der Waals surface area contributed by atoms with Gasteiger partial charge >= 0.3 is 0 Å². The van der Waals surface area contributed by atoms with Gasteiger partial charge in [-0.3, -0.25) is 4.79 Å². The molecule has 1 atom stereocenters. The van der Waals surface area contributed by atoms with E-state index in [1.807, 2.05) is 25.7 Å². The minimum absolute atomic E-state index is 0.0315. The molecule has 0 aliphatic carbocycles. The van der Waals surface area contributed by atoms with E-state index in [1.54, 1.807) is 12.1 Å². The molecule has 1 saturated heterocycles. The van der Waals surface area contributed by atoms with Gasteiger partial charge in [0.05, 0.1) is 12.3 Å². The molecule has 0 saturated carbocycles. The minimum Gasteiger partial charge on any atom is -0.493 e. The number of hydrogen-bond donors (Lipinski definition) is 1. The molecule has 158 valence electrons. The van der Waals surface area contributed by atoms with Gasteiger partial charge < -0.3 is 14.7 Å². The second kappa shape index (κ2) is 9.22. The predicted octanol–water partition coefficient (Wildman–Crippen LogP) is 4.07. The van der Waals surface area contributed by atoms with Gasteiger partial charge in [0.15, 0.2) is 0 Å². The molecule has 1 aromatic carbocycles. The Labute approximate surface area is 175 Å². The zero-order valence-electron chi connectivity index (χ0n) is 17.3. The fourth-order valence-corrected chi connectivity index (χ4v) is 4.76. The summed E-state index contributed by atoms with van der Waals surface area (Å²) in [5, 5.41) is 12.0. The molecule has 1 amide bonds. The molecule has 7 heteroatoms. The second-order valence-electron chi connectivity index (χ2n) is 7.95. The van der Waals surface area contributed by atoms with Crippen LogP contribution in [0.3, 0.4) is 0 Å². The zero-order chi connectivity index (χ0) is 21.0. The summed E-state index contributed by atoms with van der Waals surface area (Å²) in [6.45, 7) is 7.45. The van der Waals surface area contributed by atoms with E-state index in [0.717, 1.165) is 22.0 Å². The van der Waals surface area contributed by atoms with Crippen LogP contribution in [0.2, 0.25) is 0 Å². The van der Waals surface area contributed by atoms with Gasteiger partial charge in [0.1, 0.15) is 22.2 Å². The number of halogens is 1. The topological polar surface area (TPSA) is 62.7 Å².